The van der Waals surface area contributed by atoms with Crippen LogP contribution in [0.4, 0.5) is 5.69 Å². The van der Waals surface area contributed by atoms with E-state index in [0.29, 0.717) is 17.1 Å². The third kappa shape index (κ3) is 8.35. The minimum absolute atomic E-state index is 0.0576. The van der Waals surface area contributed by atoms with Gasteiger partial charge in [-0.1, -0.05) is 91.5 Å². The molecule has 0 bridgehead atoms. The molecule has 0 heterocycles. The maximum Gasteiger partial charge on any atom is 0.244 e. The van der Waals surface area contributed by atoms with Crippen LogP contribution in [-0.2, 0) is 32.6 Å². The molecule has 4 rings (SSSR count). The molecular weight excluding hydrogens is 570 g/mol. The first-order valence-corrected chi connectivity index (χ1v) is 16.7. The van der Waals surface area contributed by atoms with Gasteiger partial charge in [0.2, 0.25) is 21.8 Å². The predicted molar refractivity (Wildman–Crippen MR) is 169 cm³/mol. The van der Waals surface area contributed by atoms with Crippen LogP contribution in [0.5, 0.6) is 0 Å². The van der Waals surface area contributed by atoms with Crippen LogP contribution in [0.3, 0.4) is 0 Å². The molecule has 3 aromatic carbocycles. The van der Waals surface area contributed by atoms with Gasteiger partial charge in [0.1, 0.15) is 12.6 Å². The summed E-state index contributed by atoms with van der Waals surface area (Å²) in [6, 6.07) is 21.4. The van der Waals surface area contributed by atoms with Gasteiger partial charge in [-0.2, -0.15) is 0 Å². The van der Waals surface area contributed by atoms with E-state index >= 15 is 0 Å². The third-order valence-electron chi connectivity index (χ3n) is 7.95. The number of rotatable bonds is 11. The average Bonchev–Trinajstić information content (AvgIpc) is 2.96. The van der Waals surface area contributed by atoms with E-state index in [1.807, 2.05) is 68.4 Å². The Bertz CT molecular complexity index is 1490. The summed E-state index contributed by atoms with van der Waals surface area (Å²) in [7, 11) is -3.86. The van der Waals surface area contributed by atoms with Crippen LogP contribution in [0.15, 0.2) is 72.8 Å². The lowest BCUT2D eigenvalue weighted by Gasteiger charge is -2.35. The largest absolute Gasteiger partial charge is 0.352 e. The molecule has 9 heteroatoms. The smallest absolute Gasteiger partial charge is 0.244 e. The maximum atomic E-state index is 14.3. The Hall–Kier alpha value is -3.36. The van der Waals surface area contributed by atoms with Crippen molar-refractivity contribution in [3.05, 3.63) is 100 Å². The molecule has 0 spiro atoms. The summed E-state index contributed by atoms with van der Waals surface area (Å²) in [6.45, 7) is 3.48. The van der Waals surface area contributed by atoms with Crippen LogP contribution >= 0.6 is 11.6 Å². The lowest BCUT2D eigenvalue weighted by atomic mass is 9.94. The fourth-order valence-electron chi connectivity index (χ4n) is 5.42. The summed E-state index contributed by atoms with van der Waals surface area (Å²) in [5.74, 6) is -0.697. The van der Waals surface area contributed by atoms with E-state index < -0.39 is 28.5 Å². The number of sulfonamides is 1. The van der Waals surface area contributed by atoms with Crippen LogP contribution in [0.2, 0.25) is 5.02 Å². The zero-order valence-electron chi connectivity index (χ0n) is 24.6. The highest BCUT2D eigenvalue weighted by Gasteiger charge is 2.34. The van der Waals surface area contributed by atoms with Crippen molar-refractivity contribution in [2.24, 2.45) is 0 Å². The van der Waals surface area contributed by atoms with Gasteiger partial charge in [0.25, 0.3) is 0 Å². The topological polar surface area (TPSA) is 86.8 Å². The summed E-state index contributed by atoms with van der Waals surface area (Å²) < 4.78 is 27.0. The molecule has 3 aromatic rings. The summed E-state index contributed by atoms with van der Waals surface area (Å²) in [5.41, 5.74) is 3.87. The second-order valence-electron chi connectivity index (χ2n) is 11.2. The van der Waals surface area contributed by atoms with Crippen molar-refractivity contribution in [1.29, 1.82) is 0 Å². The van der Waals surface area contributed by atoms with Crippen molar-refractivity contribution in [2.75, 3.05) is 17.1 Å². The number of nitrogens with one attached hydrogen (secondary N) is 1. The molecule has 1 fully saturated rings. The van der Waals surface area contributed by atoms with E-state index in [2.05, 4.69) is 5.32 Å². The second-order valence-corrected chi connectivity index (χ2v) is 13.5. The Labute approximate surface area is 254 Å². The van der Waals surface area contributed by atoms with Crippen LogP contribution in [-0.4, -0.2) is 50.0 Å². The molecule has 0 unspecified atom stereocenters. The number of benzene rings is 3. The first-order chi connectivity index (χ1) is 20.0. The molecule has 42 heavy (non-hydrogen) atoms. The number of carbonyl (C=O) groups excluding carboxylic acids is 2. The summed E-state index contributed by atoms with van der Waals surface area (Å²) in [5, 5.41) is 3.62. The number of nitrogens with zero attached hydrogens (tertiary/aromatic N) is 2. The summed E-state index contributed by atoms with van der Waals surface area (Å²) >= 11 is 6.34. The number of hydrogen-bond acceptors (Lipinski definition) is 4. The highest BCUT2D eigenvalue weighted by atomic mass is 35.5. The molecular formula is C33H40ClN3O4S. The van der Waals surface area contributed by atoms with Gasteiger partial charge in [-0.3, -0.25) is 13.9 Å². The zero-order chi connectivity index (χ0) is 30.3. The van der Waals surface area contributed by atoms with E-state index in [9.17, 15) is 18.0 Å². The number of amides is 2. The Kier molecular flexibility index (Phi) is 10.7. The lowest BCUT2D eigenvalue weighted by Crippen LogP contribution is -2.55. The molecule has 0 aliphatic heterocycles. The monoisotopic (exact) mass is 609 g/mol. The van der Waals surface area contributed by atoms with E-state index in [1.54, 1.807) is 23.1 Å². The minimum atomic E-state index is -3.86. The molecule has 0 aromatic heterocycles. The van der Waals surface area contributed by atoms with Gasteiger partial charge in [-0.25, -0.2) is 8.42 Å². The molecule has 224 valence electrons. The molecule has 0 radical (unpaired) electrons. The molecule has 1 saturated carbocycles. The van der Waals surface area contributed by atoms with Crippen molar-refractivity contribution in [2.45, 2.75) is 71.0 Å². The Morgan fingerprint density at radius 3 is 2.24 bits per heavy atom. The van der Waals surface area contributed by atoms with Crippen molar-refractivity contribution in [3.63, 3.8) is 0 Å². The van der Waals surface area contributed by atoms with Crippen molar-refractivity contribution in [3.8, 4) is 0 Å². The van der Waals surface area contributed by atoms with E-state index in [4.69, 9.17) is 11.6 Å². The first kappa shape index (κ1) is 31.6. The Morgan fingerprint density at radius 2 is 1.60 bits per heavy atom. The summed E-state index contributed by atoms with van der Waals surface area (Å²) in [6.07, 6.45) is 6.45. The summed E-state index contributed by atoms with van der Waals surface area (Å²) in [4.78, 5) is 29.8. The second kappa shape index (κ2) is 14.2. The van der Waals surface area contributed by atoms with E-state index in [1.165, 1.54) is 0 Å². The van der Waals surface area contributed by atoms with Gasteiger partial charge in [-0.05, 0) is 61.1 Å². The molecule has 1 aliphatic carbocycles. The fourth-order valence-corrected chi connectivity index (χ4v) is 6.44. The van der Waals surface area contributed by atoms with Crippen LogP contribution in [0.25, 0.3) is 0 Å². The Morgan fingerprint density at radius 1 is 0.929 bits per heavy atom. The fraction of sp³-hybridized carbons (Fsp3) is 0.394. The van der Waals surface area contributed by atoms with Gasteiger partial charge >= 0.3 is 0 Å². The highest BCUT2D eigenvalue weighted by Crippen LogP contribution is 2.26. The van der Waals surface area contributed by atoms with Gasteiger partial charge in [0.05, 0.1) is 11.9 Å². The zero-order valence-corrected chi connectivity index (χ0v) is 26.1. The lowest BCUT2D eigenvalue weighted by molar-refractivity contribution is -0.140. The molecule has 2 amide bonds. The predicted octanol–water partition coefficient (Wildman–Crippen LogP) is 5.81. The van der Waals surface area contributed by atoms with Crippen molar-refractivity contribution >= 4 is 39.1 Å². The number of halogens is 1. The van der Waals surface area contributed by atoms with E-state index in [-0.39, 0.29) is 18.5 Å². The molecule has 7 nitrogen and oxygen atoms in total. The number of carbonyl (C=O) groups is 2. The van der Waals surface area contributed by atoms with Crippen LogP contribution in [0.1, 0.15) is 54.4 Å². The van der Waals surface area contributed by atoms with Gasteiger partial charge in [0.15, 0.2) is 0 Å². The third-order valence-corrected chi connectivity index (χ3v) is 9.49. The van der Waals surface area contributed by atoms with Gasteiger partial charge < -0.3 is 10.2 Å². The van der Waals surface area contributed by atoms with Gasteiger partial charge in [0, 0.05) is 24.0 Å². The normalized spacial score (nSPS) is 14.7. The molecule has 1 atom stereocenters. The molecule has 1 N–H and O–H groups in total. The number of hydrogen-bond donors (Lipinski definition) is 1. The number of anilines is 1. The average molecular weight is 610 g/mol. The number of aryl methyl sites for hydroxylation is 2. The van der Waals surface area contributed by atoms with Gasteiger partial charge in [-0.15, -0.1) is 0 Å². The van der Waals surface area contributed by atoms with Crippen molar-refractivity contribution < 1.29 is 18.0 Å². The van der Waals surface area contributed by atoms with E-state index in [0.717, 1.165) is 64.9 Å². The standard InChI is InChI=1S/C33H40ClN3O4S/c1-24-12-10-11-15-27(24)22-36(32(38)23-37(42(3,40)41)29-19-18-25(2)30(34)21-29)31(20-26-13-6-4-7-14-26)33(39)35-28-16-8-5-9-17-28/h4,6-7,10-15,18-19,21,28,31H,5,8-9,16-17,20,22-23H2,1-3H3,(H,35,39)/t31-/m1/s1. The van der Waals surface area contributed by atoms with Crippen molar-refractivity contribution in [1.82, 2.24) is 10.2 Å². The molecule has 0 saturated heterocycles. The van der Waals surface area contributed by atoms with Crippen LogP contribution in [0, 0.1) is 13.8 Å². The SMILES string of the molecule is Cc1ccc(N(CC(=O)N(Cc2ccccc2C)[C@H](Cc2ccccc2)C(=O)NC2CCCCC2)S(C)(=O)=O)cc1Cl. The minimum Gasteiger partial charge on any atom is -0.352 e. The maximum absolute atomic E-state index is 14.3. The first-order valence-electron chi connectivity index (χ1n) is 14.4. The molecule has 1 aliphatic rings. The quantitative estimate of drug-likeness (QED) is 0.297. The van der Waals surface area contributed by atoms with Crippen LogP contribution < -0.4 is 9.62 Å². The highest BCUT2D eigenvalue weighted by molar-refractivity contribution is 7.92. The Balaban J connectivity index is 1.74.